The Bertz CT molecular complexity index is 2770. The summed E-state index contributed by atoms with van der Waals surface area (Å²) >= 11 is 27.8. The second-order valence-corrected chi connectivity index (χ2v) is 17.7. The monoisotopic (exact) mass is 867 g/mol. The molecular formula is C35H29Cl4N5O7S3. The molecule has 0 saturated carbocycles. The number of aromatic nitrogens is 4. The Kier molecular flexibility index (Phi) is 10.8. The Hall–Kier alpha value is -3.19. The van der Waals surface area contributed by atoms with Crippen LogP contribution in [0.15, 0.2) is 67.0 Å². The van der Waals surface area contributed by atoms with Gasteiger partial charge in [-0.25, -0.2) is 9.36 Å². The summed E-state index contributed by atoms with van der Waals surface area (Å²) in [7, 11) is -2.37. The number of fused-ring (bicyclic) bond motifs is 6. The SMILES string of the molecule is CN(CCCOCc1nn(-c2ccc(Cl)cc2Cl)c2c1oc1ccsc12)CCCOCc1nn(-c2ccc(Cl)cc2Cl)c2c1oc1cc(S(=O)(=O)O)sc12. The second-order valence-electron chi connectivity index (χ2n) is 12.4. The van der Waals surface area contributed by atoms with Crippen molar-refractivity contribution in [2.75, 3.05) is 33.4 Å². The zero-order valence-electron chi connectivity index (χ0n) is 28.2. The van der Waals surface area contributed by atoms with E-state index in [4.69, 9.17) is 74.9 Å². The molecule has 19 heteroatoms. The predicted octanol–water partition coefficient (Wildman–Crippen LogP) is 10.3. The van der Waals surface area contributed by atoms with Crippen LogP contribution in [-0.4, -0.2) is 70.8 Å². The molecule has 282 valence electrons. The minimum absolute atomic E-state index is 0.152. The van der Waals surface area contributed by atoms with Crippen molar-refractivity contribution in [1.82, 2.24) is 24.5 Å². The molecule has 0 spiro atoms. The average molecular weight is 870 g/mol. The zero-order chi connectivity index (χ0) is 37.7. The molecule has 0 aliphatic rings. The Morgan fingerprint density at radius 1 is 0.778 bits per heavy atom. The summed E-state index contributed by atoms with van der Waals surface area (Å²) < 4.78 is 62.1. The molecule has 2 aromatic carbocycles. The van der Waals surface area contributed by atoms with E-state index in [1.807, 2.05) is 24.6 Å². The molecule has 6 aromatic heterocycles. The van der Waals surface area contributed by atoms with Gasteiger partial charge in [-0.1, -0.05) is 46.4 Å². The fourth-order valence-electron chi connectivity index (χ4n) is 6.17. The van der Waals surface area contributed by atoms with Crippen LogP contribution in [0.3, 0.4) is 0 Å². The Morgan fingerprint density at radius 2 is 1.31 bits per heavy atom. The summed E-state index contributed by atoms with van der Waals surface area (Å²) in [6.45, 7) is 3.07. The third kappa shape index (κ3) is 7.40. The van der Waals surface area contributed by atoms with Gasteiger partial charge in [-0.2, -0.15) is 18.6 Å². The van der Waals surface area contributed by atoms with Gasteiger partial charge in [-0.05, 0) is 67.7 Å². The normalized spacial score (nSPS) is 12.6. The number of benzene rings is 2. The maximum Gasteiger partial charge on any atom is 0.304 e. The fourth-order valence-corrected chi connectivity index (χ4v) is 9.76. The van der Waals surface area contributed by atoms with E-state index in [1.54, 1.807) is 51.0 Å². The highest BCUT2D eigenvalue weighted by Gasteiger charge is 2.26. The Balaban J connectivity index is 0.847. The number of ether oxygens (including phenoxy) is 2. The van der Waals surface area contributed by atoms with E-state index in [1.165, 1.54) is 6.07 Å². The molecule has 8 aromatic rings. The average Bonchev–Trinajstić information content (AvgIpc) is 3.94. The van der Waals surface area contributed by atoms with E-state index in [2.05, 4.69) is 4.90 Å². The third-order valence-corrected chi connectivity index (χ3v) is 13.0. The van der Waals surface area contributed by atoms with Crippen LogP contribution >= 0.6 is 69.1 Å². The van der Waals surface area contributed by atoms with Gasteiger partial charge in [0.25, 0.3) is 0 Å². The zero-order valence-corrected chi connectivity index (χ0v) is 33.7. The first kappa shape index (κ1) is 37.7. The van der Waals surface area contributed by atoms with E-state index < -0.39 is 10.1 Å². The maximum atomic E-state index is 11.8. The van der Waals surface area contributed by atoms with Gasteiger partial charge in [0.05, 0.1) is 39.3 Å². The molecule has 0 atom stereocenters. The molecule has 0 bridgehead atoms. The van der Waals surface area contributed by atoms with Gasteiger partial charge >= 0.3 is 10.1 Å². The van der Waals surface area contributed by atoms with Gasteiger partial charge in [-0.3, -0.25) is 4.55 Å². The van der Waals surface area contributed by atoms with Crippen LogP contribution < -0.4 is 0 Å². The molecule has 54 heavy (non-hydrogen) atoms. The highest BCUT2D eigenvalue weighted by Crippen LogP contribution is 2.41. The molecule has 0 aliphatic carbocycles. The molecule has 0 radical (unpaired) electrons. The van der Waals surface area contributed by atoms with Crippen molar-refractivity contribution < 1.29 is 31.3 Å². The molecule has 0 amide bonds. The largest absolute Gasteiger partial charge is 0.451 e. The Labute approximate surface area is 336 Å². The quantitative estimate of drug-likeness (QED) is 0.0783. The molecular weight excluding hydrogens is 840 g/mol. The summed E-state index contributed by atoms with van der Waals surface area (Å²) in [6, 6.07) is 13.5. The van der Waals surface area contributed by atoms with Crippen molar-refractivity contribution in [3.8, 4) is 11.4 Å². The summed E-state index contributed by atoms with van der Waals surface area (Å²) in [5.74, 6) is 0. The van der Waals surface area contributed by atoms with Gasteiger partial charge in [0.15, 0.2) is 15.4 Å². The lowest BCUT2D eigenvalue weighted by molar-refractivity contribution is 0.0987. The molecule has 0 unspecified atom stereocenters. The topological polar surface area (TPSA) is 138 Å². The van der Waals surface area contributed by atoms with Gasteiger partial charge in [0, 0.05) is 42.4 Å². The van der Waals surface area contributed by atoms with Crippen LogP contribution in [0.1, 0.15) is 24.2 Å². The van der Waals surface area contributed by atoms with Crippen LogP contribution in [0.5, 0.6) is 0 Å². The lowest BCUT2D eigenvalue weighted by atomic mass is 10.3. The molecule has 12 nitrogen and oxygen atoms in total. The van der Waals surface area contributed by atoms with Crippen LogP contribution in [0.4, 0.5) is 0 Å². The van der Waals surface area contributed by atoms with Crippen LogP contribution in [-0.2, 0) is 32.8 Å². The number of hydrogen-bond donors (Lipinski definition) is 1. The first-order chi connectivity index (χ1) is 26.0. The lowest BCUT2D eigenvalue weighted by Crippen LogP contribution is -2.23. The number of thiophene rings is 2. The molecule has 0 fully saturated rings. The van der Waals surface area contributed by atoms with Crippen molar-refractivity contribution >= 4 is 122 Å². The minimum Gasteiger partial charge on any atom is -0.451 e. The molecule has 0 aliphatic heterocycles. The van der Waals surface area contributed by atoms with Crippen molar-refractivity contribution in [1.29, 1.82) is 0 Å². The van der Waals surface area contributed by atoms with Gasteiger partial charge in [0.2, 0.25) is 0 Å². The van der Waals surface area contributed by atoms with Gasteiger partial charge in [-0.15, -0.1) is 22.7 Å². The maximum absolute atomic E-state index is 11.8. The molecule has 0 saturated heterocycles. The third-order valence-electron chi connectivity index (χ3n) is 8.64. The first-order valence-electron chi connectivity index (χ1n) is 16.5. The summed E-state index contributed by atoms with van der Waals surface area (Å²) in [6.07, 6.45) is 1.59. The van der Waals surface area contributed by atoms with Crippen molar-refractivity contribution in [3.63, 3.8) is 0 Å². The van der Waals surface area contributed by atoms with E-state index in [0.717, 1.165) is 53.1 Å². The number of nitrogens with zero attached hydrogens (tertiary/aromatic N) is 5. The summed E-state index contributed by atoms with van der Waals surface area (Å²) in [5.41, 5.74) is 6.04. The van der Waals surface area contributed by atoms with Gasteiger partial charge < -0.3 is 23.2 Å². The second kappa shape index (κ2) is 15.4. The van der Waals surface area contributed by atoms with E-state index >= 15 is 0 Å². The molecule has 1 N–H and O–H groups in total. The van der Waals surface area contributed by atoms with Gasteiger partial charge in [0.1, 0.15) is 38.3 Å². The fraction of sp³-hybridized carbons (Fsp3) is 0.257. The van der Waals surface area contributed by atoms with E-state index in [0.29, 0.717) is 83.0 Å². The summed E-state index contributed by atoms with van der Waals surface area (Å²) in [4.78, 5) is 2.21. The lowest BCUT2D eigenvalue weighted by Gasteiger charge is -2.16. The smallest absolute Gasteiger partial charge is 0.304 e. The Morgan fingerprint density at radius 3 is 1.85 bits per heavy atom. The standard InChI is InChI=1S/C35H29Cl4N5O7S3/c1-42(9-2-11-48-17-23-32-30(34-27(50-32)8-13-52-34)43(40-23)25-6-4-19(36)14-21(25)38)10-3-12-49-18-24-33-31(35-28(51-33)16-29(53-35)54(45,46)47)44(41-24)26-7-5-20(37)15-22(26)39/h4-8,13-16H,2-3,9-12,17-18H2,1H3,(H,45,46,47). The number of furan rings is 2. The predicted molar refractivity (Wildman–Crippen MR) is 213 cm³/mol. The van der Waals surface area contributed by atoms with Crippen LogP contribution in [0, 0.1) is 0 Å². The summed E-state index contributed by atoms with van der Waals surface area (Å²) in [5, 5.41) is 13.3. The molecule has 8 rings (SSSR count). The highest BCUT2D eigenvalue weighted by atomic mass is 35.5. The van der Waals surface area contributed by atoms with Crippen molar-refractivity contribution in [2.45, 2.75) is 30.3 Å². The molecule has 6 heterocycles. The number of halogens is 4. The van der Waals surface area contributed by atoms with Crippen molar-refractivity contribution in [3.05, 3.63) is 85.4 Å². The van der Waals surface area contributed by atoms with Crippen LogP contribution in [0.2, 0.25) is 20.1 Å². The minimum atomic E-state index is -4.42. The van der Waals surface area contributed by atoms with Crippen LogP contribution in [0.25, 0.3) is 54.1 Å². The van der Waals surface area contributed by atoms with E-state index in [-0.39, 0.29) is 17.4 Å². The van der Waals surface area contributed by atoms with Crippen molar-refractivity contribution in [2.24, 2.45) is 0 Å². The first-order valence-corrected chi connectivity index (χ1v) is 21.1. The van der Waals surface area contributed by atoms with E-state index in [9.17, 15) is 13.0 Å². The highest BCUT2D eigenvalue weighted by molar-refractivity contribution is 7.88. The number of rotatable bonds is 15. The number of hydrogen-bond acceptors (Lipinski definition) is 11.